The monoisotopic (exact) mass is 438 g/mol. The van der Waals surface area contributed by atoms with Crippen molar-refractivity contribution in [2.45, 2.75) is 32.2 Å². The third kappa shape index (κ3) is 6.15. The van der Waals surface area contributed by atoms with Crippen LogP contribution in [0.4, 0.5) is 0 Å². The fourth-order valence-corrected chi connectivity index (χ4v) is 4.09. The summed E-state index contributed by atoms with van der Waals surface area (Å²) >= 11 is 6.04. The average molecular weight is 439 g/mol. The van der Waals surface area contributed by atoms with E-state index in [0.717, 1.165) is 50.9 Å². The van der Waals surface area contributed by atoms with Crippen LogP contribution < -0.4 is 5.32 Å². The van der Waals surface area contributed by atoms with E-state index in [-0.39, 0.29) is 11.8 Å². The summed E-state index contributed by atoms with van der Waals surface area (Å²) in [5.41, 5.74) is 2.15. The molecule has 0 radical (unpaired) electrons. The van der Waals surface area contributed by atoms with Gasteiger partial charge >= 0.3 is 0 Å². The first kappa shape index (κ1) is 21.5. The number of piperidine rings is 1. The van der Waals surface area contributed by atoms with Crippen molar-refractivity contribution in [2.75, 3.05) is 19.6 Å². The lowest BCUT2D eigenvalue weighted by molar-refractivity contribution is -0.126. The molecule has 0 bridgehead atoms. The molecule has 1 aliphatic rings. The van der Waals surface area contributed by atoms with Gasteiger partial charge in [0.15, 0.2) is 0 Å². The van der Waals surface area contributed by atoms with E-state index in [2.05, 4.69) is 32.5 Å². The first-order valence-corrected chi connectivity index (χ1v) is 11.2. The Labute approximate surface area is 187 Å². The quantitative estimate of drug-likeness (QED) is 0.529. The molecule has 0 spiro atoms. The molecule has 1 N–H and O–H groups in total. The Bertz CT molecular complexity index is 984. The summed E-state index contributed by atoms with van der Waals surface area (Å²) in [6.45, 7) is 3.01. The molecule has 0 aliphatic carbocycles. The maximum atomic E-state index is 12.5. The summed E-state index contributed by atoms with van der Waals surface area (Å²) in [5, 5.41) is 7.81. The van der Waals surface area contributed by atoms with E-state index in [1.807, 2.05) is 42.5 Å². The highest BCUT2D eigenvalue weighted by Crippen LogP contribution is 2.22. The molecular formula is C24H27ClN4O2. The molecule has 6 nitrogen and oxygen atoms in total. The molecule has 3 aromatic rings. The van der Waals surface area contributed by atoms with Crippen molar-refractivity contribution in [3.8, 4) is 11.4 Å². The molecule has 4 rings (SSSR count). The Balaban J connectivity index is 1.18. The van der Waals surface area contributed by atoms with Crippen LogP contribution in [0.5, 0.6) is 0 Å². The minimum Gasteiger partial charge on any atom is -0.356 e. The van der Waals surface area contributed by atoms with Crippen LogP contribution in [0.1, 0.15) is 30.7 Å². The summed E-state index contributed by atoms with van der Waals surface area (Å²) in [7, 11) is 0. The lowest BCUT2D eigenvalue weighted by atomic mass is 9.96. The van der Waals surface area contributed by atoms with Gasteiger partial charge in [0.2, 0.25) is 17.6 Å². The van der Waals surface area contributed by atoms with Crippen molar-refractivity contribution >= 4 is 17.5 Å². The van der Waals surface area contributed by atoms with Crippen molar-refractivity contribution in [1.82, 2.24) is 20.4 Å². The Hall–Kier alpha value is -2.70. The Kier molecular flexibility index (Phi) is 7.33. The van der Waals surface area contributed by atoms with Gasteiger partial charge in [0, 0.05) is 23.0 Å². The third-order valence-electron chi connectivity index (χ3n) is 5.65. The number of nitrogens with zero attached hydrogens (tertiary/aromatic N) is 3. The first-order chi connectivity index (χ1) is 15.2. The van der Waals surface area contributed by atoms with Crippen molar-refractivity contribution in [3.63, 3.8) is 0 Å². The first-order valence-electron chi connectivity index (χ1n) is 10.8. The topological polar surface area (TPSA) is 71.3 Å². The number of likely N-dealkylation sites (tertiary alicyclic amines) is 1. The maximum absolute atomic E-state index is 12.5. The van der Waals surface area contributed by atoms with Crippen LogP contribution in [0.25, 0.3) is 11.4 Å². The number of carbonyl (C=O) groups is 1. The van der Waals surface area contributed by atoms with Crippen LogP contribution in [0.3, 0.4) is 0 Å². The van der Waals surface area contributed by atoms with Crippen molar-refractivity contribution in [3.05, 3.63) is 71.1 Å². The van der Waals surface area contributed by atoms with Gasteiger partial charge in [-0.1, -0.05) is 59.2 Å². The number of hydrogen-bond donors (Lipinski definition) is 1. The molecule has 1 aromatic heterocycles. The molecule has 1 fully saturated rings. The van der Waals surface area contributed by atoms with Gasteiger partial charge in [0.05, 0.1) is 6.54 Å². The molecule has 162 valence electrons. The summed E-state index contributed by atoms with van der Waals surface area (Å²) in [6, 6.07) is 17.8. The van der Waals surface area contributed by atoms with E-state index >= 15 is 0 Å². The molecule has 2 heterocycles. The third-order valence-corrected chi connectivity index (χ3v) is 5.89. The lowest BCUT2D eigenvalue weighted by Crippen LogP contribution is -2.40. The molecule has 7 heteroatoms. The van der Waals surface area contributed by atoms with E-state index in [1.54, 1.807) is 0 Å². The Morgan fingerprint density at radius 3 is 2.71 bits per heavy atom. The number of aryl methyl sites for hydroxylation is 1. The molecular weight excluding hydrogens is 412 g/mol. The second-order valence-electron chi connectivity index (χ2n) is 7.95. The van der Waals surface area contributed by atoms with Gasteiger partial charge in [-0.05, 0) is 56.5 Å². The number of halogens is 1. The normalized spacial score (nSPS) is 15.1. The standard InChI is InChI=1S/C24H27ClN4O2/c25-21-10-4-9-20(16-21)23-27-22(31-28-23)17-29-14-11-19(12-15-29)24(30)26-13-5-8-18-6-2-1-3-7-18/h1-4,6-7,9-10,16,19H,5,8,11-15,17H2,(H,26,30). The van der Waals surface area contributed by atoms with Gasteiger partial charge < -0.3 is 9.84 Å². The van der Waals surface area contributed by atoms with E-state index < -0.39 is 0 Å². The predicted octanol–water partition coefficient (Wildman–Crippen LogP) is 4.35. The van der Waals surface area contributed by atoms with Gasteiger partial charge in [-0.15, -0.1) is 0 Å². The molecule has 31 heavy (non-hydrogen) atoms. The number of aromatic nitrogens is 2. The van der Waals surface area contributed by atoms with Crippen LogP contribution in [0.2, 0.25) is 5.02 Å². The largest absolute Gasteiger partial charge is 0.356 e. The van der Waals surface area contributed by atoms with Gasteiger partial charge in [0.25, 0.3) is 0 Å². The summed E-state index contributed by atoms with van der Waals surface area (Å²) in [6.07, 6.45) is 3.64. The van der Waals surface area contributed by atoms with E-state index in [1.165, 1.54) is 5.56 Å². The number of rotatable bonds is 8. The van der Waals surface area contributed by atoms with Gasteiger partial charge in [-0.2, -0.15) is 4.98 Å². The molecule has 1 amide bonds. The minimum atomic E-state index is 0.0812. The van der Waals surface area contributed by atoms with Gasteiger partial charge in [-0.3, -0.25) is 9.69 Å². The van der Waals surface area contributed by atoms with Crippen LogP contribution in [-0.4, -0.2) is 40.6 Å². The molecule has 1 saturated heterocycles. The number of nitrogens with one attached hydrogen (secondary N) is 1. The molecule has 0 saturated carbocycles. The fraction of sp³-hybridized carbons (Fsp3) is 0.375. The predicted molar refractivity (Wildman–Crippen MR) is 121 cm³/mol. The Morgan fingerprint density at radius 1 is 1.13 bits per heavy atom. The van der Waals surface area contributed by atoms with Gasteiger partial charge in [0.1, 0.15) is 0 Å². The maximum Gasteiger partial charge on any atom is 0.241 e. The summed E-state index contributed by atoms with van der Waals surface area (Å²) in [4.78, 5) is 19.2. The van der Waals surface area contributed by atoms with Crippen molar-refractivity contribution in [1.29, 1.82) is 0 Å². The van der Waals surface area contributed by atoms with Crippen LogP contribution in [0.15, 0.2) is 59.1 Å². The number of benzene rings is 2. The van der Waals surface area contributed by atoms with Gasteiger partial charge in [-0.25, -0.2) is 0 Å². The summed E-state index contributed by atoms with van der Waals surface area (Å²) < 4.78 is 5.41. The van der Waals surface area contributed by atoms with E-state index in [9.17, 15) is 4.79 Å². The molecule has 0 unspecified atom stereocenters. The highest BCUT2D eigenvalue weighted by Gasteiger charge is 2.25. The second-order valence-corrected chi connectivity index (χ2v) is 8.39. The number of carbonyl (C=O) groups excluding carboxylic acids is 1. The zero-order chi connectivity index (χ0) is 21.5. The highest BCUT2D eigenvalue weighted by molar-refractivity contribution is 6.30. The van der Waals surface area contributed by atoms with Crippen LogP contribution in [-0.2, 0) is 17.8 Å². The van der Waals surface area contributed by atoms with E-state index in [0.29, 0.717) is 23.3 Å². The molecule has 1 aliphatic heterocycles. The number of amides is 1. The highest BCUT2D eigenvalue weighted by atomic mass is 35.5. The lowest BCUT2D eigenvalue weighted by Gasteiger charge is -2.30. The summed E-state index contributed by atoms with van der Waals surface area (Å²) in [5.74, 6) is 1.38. The van der Waals surface area contributed by atoms with Crippen molar-refractivity contribution in [2.24, 2.45) is 5.92 Å². The molecule has 2 aromatic carbocycles. The zero-order valence-corrected chi connectivity index (χ0v) is 18.2. The Morgan fingerprint density at radius 2 is 1.94 bits per heavy atom. The number of hydrogen-bond acceptors (Lipinski definition) is 5. The zero-order valence-electron chi connectivity index (χ0n) is 17.5. The smallest absolute Gasteiger partial charge is 0.241 e. The second kappa shape index (κ2) is 10.6. The van der Waals surface area contributed by atoms with Crippen LogP contribution >= 0.6 is 11.6 Å². The minimum absolute atomic E-state index is 0.0812. The fourth-order valence-electron chi connectivity index (χ4n) is 3.90. The van der Waals surface area contributed by atoms with E-state index in [4.69, 9.17) is 16.1 Å². The molecule has 0 atom stereocenters. The average Bonchev–Trinajstić information content (AvgIpc) is 3.26. The SMILES string of the molecule is O=C(NCCCc1ccccc1)C1CCN(Cc2nc(-c3cccc(Cl)c3)no2)CC1. The van der Waals surface area contributed by atoms with Crippen molar-refractivity contribution < 1.29 is 9.32 Å². The van der Waals surface area contributed by atoms with Crippen LogP contribution in [0, 0.1) is 5.92 Å².